The molecular weight excluding hydrogens is 310 g/mol. The molecule has 1 aliphatic heterocycles. The van der Waals surface area contributed by atoms with Gasteiger partial charge in [0.1, 0.15) is 0 Å². The molecule has 1 aromatic rings. The van der Waals surface area contributed by atoms with Crippen LogP contribution in [0.25, 0.3) is 0 Å². The first kappa shape index (κ1) is 18.1. The average molecular weight is 335 g/mol. The number of nitrogens with one attached hydrogen (secondary N) is 1. The van der Waals surface area contributed by atoms with Crippen molar-refractivity contribution in [1.29, 1.82) is 0 Å². The third-order valence-corrected chi connectivity index (χ3v) is 4.24. The molecule has 1 N–H and O–H groups in total. The monoisotopic (exact) mass is 335 g/mol. The number of piperazine rings is 1. The lowest BCUT2D eigenvalue weighted by atomic mass is 10.1. The van der Waals surface area contributed by atoms with Crippen molar-refractivity contribution in [2.45, 2.75) is 13.0 Å². The van der Waals surface area contributed by atoms with E-state index in [-0.39, 0.29) is 6.04 Å². The summed E-state index contributed by atoms with van der Waals surface area (Å²) in [6, 6.07) is 5.10. The molecule has 0 aromatic heterocycles. The molecule has 0 spiro atoms. The van der Waals surface area contributed by atoms with Crippen LogP contribution in [0.2, 0.25) is 0 Å². The largest absolute Gasteiger partial charge is 0.493 e. The van der Waals surface area contributed by atoms with Crippen LogP contribution in [-0.2, 0) is 9.59 Å². The summed E-state index contributed by atoms with van der Waals surface area (Å²) in [6.45, 7) is 4.55. The Morgan fingerprint density at radius 2 is 1.71 bits per heavy atom. The summed E-state index contributed by atoms with van der Waals surface area (Å²) in [5.74, 6) is 0.145. The number of ether oxygens (including phenoxy) is 2. The van der Waals surface area contributed by atoms with Crippen LogP contribution >= 0.6 is 0 Å². The number of hydrogen-bond donors (Lipinski definition) is 1. The van der Waals surface area contributed by atoms with Gasteiger partial charge in [0.2, 0.25) is 0 Å². The molecule has 0 radical (unpaired) electrons. The van der Waals surface area contributed by atoms with Crippen molar-refractivity contribution >= 4 is 11.8 Å². The first-order valence-electron chi connectivity index (χ1n) is 7.96. The van der Waals surface area contributed by atoms with E-state index in [9.17, 15) is 9.59 Å². The van der Waals surface area contributed by atoms with Gasteiger partial charge in [0.15, 0.2) is 11.5 Å². The minimum atomic E-state index is -0.582. The Morgan fingerprint density at radius 1 is 1.08 bits per heavy atom. The van der Waals surface area contributed by atoms with Crippen molar-refractivity contribution in [3.63, 3.8) is 0 Å². The van der Waals surface area contributed by atoms with Gasteiger partial charge in [0, 0.05) is 26.2 Å². The molecule has 1 fully saturated rings. The maximum Gasteiger partial charge on any atom is 0.311 e. The van der Waals surface area contributed by atoms with Gasteiger partial charge in [-0.2, -0.15) is 0 Å². The third kappa shape index (κ3) is 4.17. The summed E-state index contributed by atoms with van der Waals surface area (Å²) in [6.07, 6.45) is 0. The topological polar surface area (TPSA) is 71.1 Å². The smallest absolute Gasteiger partial charge is 0.311 e. The van der Waals surface area contributed by atoms with Crippen molar-refractivity contribution in [3.8, 4) is 11.5 Å². The van der Waals surface area contributed by atoms with E-state index in [1.807, 2.05) is 20.0 Å². The Bertz CT molecular complexity index is 597. The van der Waals surface area contributed by atoms with Crippen LogP contribution in [0, 0.1) is 0 Å². The fourth-order valence-corrected chi connectivity index (χ4v) is 2.62. The quantitative estimate of drug-likeness (QED) is 0.819. The van der Waals surface area contributed by atoms with Crippen LogP contribution < -0.4 is 14.8 Å². The van der Waals surface area contributed by atoms with E-state index in [0.29, 0.717) is 24.6 Å². The summed E-state index contributed by atoms with van der Waals surface area (Å²) in [4.78, 5) is 28.2. The van der Waals surface area contributed by atoms with Gasteiger partial charge >= 0.3 is 11.8 Å². The van der Waals surface area contributed by atoms with E-state index in [1.54, 1.807) is 31.3 Å². The number of amides is 2. The third-order valence-electron chi connectivity index (χ3n) is 4.24. The highest BCUT2D eigenvalue weighted by Gasteiger charge is 2.26. The molecule has 1 aliphatic rings. The van der Waals surface area contributed by atoms with Crippen molar-refractivity contribution < 1.29 is 19.1 Å². The minimum absolute atomic E-state index is 0.311. The van der Waals surface area contributed by atoms with Crippen LogP contribution in [-0.4, -0.2) is 69.1 Å². The van der Waals surface area contributed by atoms with E-state index in [4.69, 9.17) is 9.47 Å². The summed E-state index contributed by atoms with van der Waals surface area (Å²) >= 11 is 0. The molecular formula is C17H25N3O4. The Labute approximate surface area is 142 Å². The van der Waals surface area contributed by atoms with E-state index in [2.05, 4.69) is 10.2 Å². The lowest BCUT2D eigenvalue weighted by molar-refractivity contribution is -0.147. The summed E-state index contributed by atoms with van der Waals surface area (Å²) in [7, 11) is 5.13. The van der Waals surface area contributed by atoms with Crippen molar-refractivity contribution in [2.24, 2.45) is 0 Å². The highest BCUT2D eigenvalue weighted by Crippen LogP contribution is 2.29. The normalized spacial score (nSPS) is 16.4. The number of methoxy groups -OCH3 is 2. The zero-order chi connectivity index (χ0) is 17.7. The predicted octanol–water partition coefficient (Wildman–Crippen LogP) is 0.655. The van der Waals surface area contributed by atoms with Crippen LogP contribution in [0.4, 0.5) is 0 Å². The first-order valence-corrected chi connectivity index (χ1v) is 7.96. The molecule has 2 amide bonds. The number of rotatable bonds is 4. The Morgan fingerprint density at radius 3 is 2.29 bits per heavy atom. The zero-order valence-corrected chi connectivity index (χ0v) is 14.7. The second kappa shape index (κ2) is 8.01. The minimum Gasteiger partial charge on any atom is -0.493 e. The number of carbonyl (C=O) groups excluding carboxylic acids is 2. The number of carbonyl (C=O) groups is 2. The Kier molecular flexibility index (Phi) is 6.03. The van der Waals surface area contributed by atoms with Gasteiger partial charge in [-0.3, -0.25) is 9.59 Å². The van der Waals surface area contributed by atoms with Gasteiger partial charge < -0.3 is 24.6 Å². The summed E-state index contributed by atoms with van der Waals surface area (Å²) < 4.78 is 10.5. The van der Waals surface area contributed by atoms with Gasteiger partial charge in [-0.25, -0.2) is 0 Å². The SMILES string of the molecule is COc1ccc(C(C)NC(=O)C(=O)N2CCN(C)CC2)cc1OC. The number of benzene rings is 1. The molecule has 0 saturated carbocycles. The van der Waals surface area contributed by atoms with E-state index < -0.39 is 11.8 Å². The molecule has 2 rings (SSSR count). The van der Waals surface area contributed by atoms with Gasteiger partial charge in [-0.05, 0) is 31.7 Å². The molecule has 132 valence electrons. The first-order chi connectivity index (χ1) is 11.5. The molecule has 1 heterocycles. The maximum absolute atomic E-state index is 12.2. The van der Waals surface area contributed by atoms with Gasteiger partial charge in [0.05, 0.1) is 20.3 Å². The second-order valence-electron chi connectivity index (χ2n) is 5.91. The van der Waals surface area contributed by atoms with Gasteiger partial charge in [0.25, 0.3) is 0 Å². The number of nitrogens with zero attached hydrogens (tertiary/aromatic N) is 2. The molecule has 1 atom stereocenters. The molecule has 7 nitrogen and oxygen atoms in total. The molecule has 1 aromatic carbocycles. The highest BCUT2D eigenvalue weighted by atomic mass is 16.5. The highest BCUT2D eigenvalue weighted by molar-refractivity contribution is 6.35. The standard InChI is InChI=1S/C17H25N3O4/c1-12(13-5-6-14(23-3)15(11-13)24-4)18-16(21)17(22)20-9-7-19(2)8-10-20/h5-6,11-12H,7-10H2,1-4H3,(H,18,21). The van der Waals surface area contributed by atoms with E-state index in [1.165, 1.54) is 0 Å². The molecule has 24 heavy (non-hydrogen) atoms. The van der Waals surface area contributed by atoms with Crippen LogP contribution in [0.1, 0.15) is 18.5 Å². The number of likely N-dealkylation sites (N-methyl/N-ethyl adjacent to an activating group) is 1. The number of hydrogen-bond acceptors (Lipinski definition) is 5. The maximum atomic E-state index is 12.2. The van der Waals surface area contributed by atoms with E-state index in [0.717, 1.165) is 18.7 Å². The fourth-order valence-electron chi connectivity index (χ4n) is 2.62. The molecule has 0 aliphatic carbocycles. The Hall–Kier alpha value is -2.28. The van der Waals surface area contributed by atoms with Crippen LogP contribution in [0.15, 0.2) is 18.2 Å². The van der Waals surface area contributed by atoms with Crippen LogP contribution in [0.5, 0.6) is 11.5 Å². The molecule has 1 unspecified atom stereocenters. The van der Waals surface area contributed by atoms with Crippen molar-refractivity contribution in [3.05, 3.63) is 23.8 Å². The van der Waals surface area contributed by atoms with Gasteiger partial charge in [-0.15, -0.1) is 0 Å². The molecule has 1 saturated heterocycles. The molecule has 7 heteroatoms. The van der Waals surface area contributed by atoms with E-state index >= 15 is 0 Å². The summed E-state index contributed by atoms with van der Waals surface area (Å²) in [5, 5.41) is 2.75. The Balaban J connectivity index is 1.99. The lowest BCUT2D eigenvalue weighted by Gasteiger charge is -2.32. The summed E-state index contributed by atoms with van der Waals surface area (Å²) in [5.41, 5.74) is 0.840. The lowest BCUT2D eigenvalue weighted by Crippen LogP contribution is -2.51. The average Bonchev–Trinajstić information content (AvgIpc) is 2.60. The fraction of sp³-hybridized carbons (Fsp3) is 0.529. The predicted molar refractivity (Wildman–Crippen MR) is 90.2 cm³/mol. The van der Waals surface area contributed by atoms with Crippen LogP contribution in [0.3, 0.4) is 0 Å². The second-order valence-corrected chi connectivity index (χ2v) is 5.91. The van der Waals surface area contributed by atoms with Gasteiger partial charge in [-0.1, -0.05) is 6.07 Å². The van der Waals surface area contributed by atoms with Crippen molar-refractivity contribution in [1.82, 2.24) is 15.1 Å². The van der Waals surface area contributed by atoms with Crippen molar-refractivity contribution in [2.75, 3.05) is 47.4 Å². The molecule has 0 bridgehead atoms. The zero-order valence-electron chi connectivity index (χ0n) is 14.7.